The minimum Gasteiger partial charge on any atom is -0.490 e. The van der Waals surface area contributed by atoms with Gasteiger partial charge in [0.2, 0.25) is 0 Å². The fraction of sp³-hybridized carbons (Fsp3) is 0.364. The maximum Gasteiger partial charge on any atom is 0.417 e. The summed E-state index contributed by atoms with van der Waals surface area (Å²) in [5.41, 5.74) is 2.96. The summed E-state index contributed by atoms with van der Waals surface area (Å²) in [7, 11) is 0. The maximum atomic E-state index is 13.0. The first kappa shape index (κ1) is 18.9. The molecule has 30 heavy (non-hydrogen) atoms. The lowest BCUT2D eigenvalue weighted by Gasteiger charge is -2.33. The van der Waals surface area contributed by atoms with Crippen LogP contribution >= 0.6 is 0 Å². The van der Waals surface area contributed by atoms with Gasteiger partial charge >= 0.3 is 5.76 Å². The van der Waals surface area contributed by atoms with Crippen LogP contribution in [0.4, 0.5) is 4.39 Å². The maximum absolute atomic E-state index is 13.0. The number of H-pyrrole nitrogens is 1. The molecule has 2 aliphatic rings. The lowest BCUT2D eigenvalue weighted by molar-refractivity contribution is 0.0306. The SMILES string of the molecule is O=c1[nH]c2ccc(C3=NOC(CN4CCC(Oc5ccc(F)cc5)CC4)C3)cc2o1. The van der Waals surface area contributed by atoms with E-state index in [1.165, 1.54) is 12.1 Å². The largest absolute Gasteiger partial charge is 0.490 e. The fourth-order valence-electron chi connectivity index (χ4n) is 4.02. The number of benzene rings is 2. The van der Waals surface area contributed by atoms with E-state index in [4.69, 9.17) is 14.0 Å². The summed E-state index contributed by atoms with van der Waals surface area (Å²) in [6.07, 6.45) is 2.70. The zero-order valence-corrected chi connectivity index (χ0v) is 16.3. The molecule has 0 spiro atoms. The average molecular weight is 411 g/mol. The summed E-state index contributed by atoms with van der Waals surface area (Å²) in [6, 6.07) is 11.7. The quantitative estimate of drug-likeness (QED) is 0.697. The van der Waals surface area contributed by atoms with Gasteiger partial charge < -0.3 is 14.0 Å². The molecule has 0 amide bonds. The highest BCUT2D eigenvalue weighted by atomic mass is 19.1. The molecule has 2 aromatic carbocycles. The molecule has 0 radical (unpaired) electrons. The number of aromatic amines is 1. The van der Waals surface area contributed by atoms with Crippen LogP contribution in [0.5, 0.6) is 5.75 Å². The molecular weight excluding hydrogens is 389 g/mol. The Bertz CT molecular complexity index is 1110. The van der Waals surface area contributed by atoms with Crippen molar-refractivity contribution in [3.05, 3.63) is 64.4 Å². The Hall–Kier alpha value is -3.13. The molecule has 2 aliphatic heterocycles. The lowest BCUT2D eigenvalue weighted by Crippen LogP contribution is -2.42. The molecule has 1 atom stereocenters. The smallest absolute Gasteiger partial charge is 0.417 e. The van der Waals surface area contributed by atoms with E-state index < -0.39 is 5.76 Å². The molecule has 1 aromatic heterocycles. The first-order valence-electron chi connectivity index (χ1n) is 10.1. The van der Waals surface area contributed by atoms with E-state index in [0.29, 0.717) is 23.3 Å². The lowest BCUT2D eigenvalue weighted by atomic mass is 10.0. The van der Waals surface area contributed by atoms with Gasteiger partial charge in [0.15, 0.2) is 5.58 Å². The first-order chi connectivity index (χ1) is 14.6. The van der Waals surface area contributed by atoms with Gasteiger partial charge in [-0.05, 0) is 49.2 Å². The Morgan fingerprint density at radius 3 is 2.77 bits per heavy atom. The summed E-state index contributed by atoms with van der Waals surface area (Å²) in [4.78, 5) is 22.0. The molecule has 156 valence electrons. The molecule has 8 heteroatoms. The van der Waals surface area contributed by atoms with Crippen molar-refractivity contribution in [1.82, 2.24) is 9.88 Å². The van der Waals surface area contributed by atoms with Gasteiger partial charge in [-0.1, -0.05) is 11.2 Å². The van der Waals surface area contributed by atoms with Crippen molar-refractivity contribution < 1.29 is 18.4 Å². The van der Waals surface area contributed by atoms with Crippen molar-refractivity contribution in [2.45, 2.75) is 31.5 Å². The molecule has 1 unspecified atom stereocenters. The highest BCUT2D eigenvalue weighted by Crippen LogP contribution is 2.23. The molecule has 3 heterocycles. The highest BCUT2D eigenvalue weighted by molar-refractivity contribution is 6.03. The van der Waals surface area contributed by atoms with Crippen LogP contribution in [0.15, 0.2) is 56.8 Å². The van der Waals surface area contributed by atoms with Crippen molar-refractivity contribution >= 4 is 16.8 Å². The van der Waals surface area contributed by atoms with E-state index in [1.807, 2.05) is 18.2 Å². The van der Waals surface area contributed by atoms with E-state index in [1.54, 1.807) is 12.1 Å². The molecule has 1 saturated heterocycles. The highest BCUT2D eigenvalue weighted by Gasteiger charge is 2.28. The van der Waals surface area contributed by atoms with Gasteiger partial charge in [0.05, 0.1) is 11.2 Å². The number of rotatable bonds is 5. The van der Waals surface area contributed by atoms with Crippen molar-refractivity contribution in [3.63, 3.8) is 0 Å². The van der Waals surface area contributed by atoms with Gasteiger partial charge in [0.25, 0.3) is 0 Å². The van der Waals surface area contributed by atoms with E-state index in [2.05, 4.69) is 15.0 Å². The minimum atomic E-state index is -0.462. The molecule has 1 fully saturated rings. The summed E-state index contributed by atoms with van der Waals surface area (Å²) >= 11 is 0. The summed E-state index contributed by atoms with van der Waals surface area (Å²) in [6.45, 7) is 2.64. The second kappa shape index (κ2) is 7.95. The van der Waals surface area contributed by atoms with Gasteiger partial charge in [-0.2, -0.15) is 0 Å². The number of ether oxygens (including phenoxy) is 1. The van der Waals surface area contributed by atoms with Crippen LogP contribution in [-0.4, -0.2) is 47.4 Å². The van der Waals surface area contributed by atoms with Crippen LogP contribution in [0, 0.1) is 5.82 Å². The second-order valence-corrected chi connectivity index (χ2v) is 7.77. The zero-order valence-electron chi connectivity index (χ0n) is 16.3. The predicted octanol–water partition coefficient (Wildman–Crippen LogP) is 3.30. The Balaban J connectivity index is 1.12. The summed E-state index contributed by atoms with van der Waals surface area (Å²) in [5, 5.41) is 4.25. The number of hydrogen-bond donors (Lipinski definition) is 1. The molecule has 5 rings (SSSR count). The molecule has 1 N–H and O–H groups in total. The Morgan fingerprint density at radius 1 is 1.17 bits per heavy atom. The third kappa shape index (κ3) is 4.09. The number of aromatic nitrogens is 1. The van der Waals surface area contributed by atoms with Gasteiger partial charge in [0, 0.05) is 31.6 Å². The van der Waals surface area contributed by atoms with Crippen LogP contribution in [-0.2, 0) is 4.84 Å². The standard InChI is InChI=1S/C22H22FN3O4/c23-15-2-4-16(5-3-15)28-17-7-9-26(10-8-17)13-18-12-20(25-30-18)14-1-6-19-21(11-14)29-22(27)24-19/h1-6,11,17-18H,7-10,12-13H2,(H,24,27). The van der Waals surface area contributed by atoms with Gasteiger partial charge in [-0.3, -0.25) is 9.88 Å². The van der Waals surface area contributed by atoms with Gasteiger partial charge in [0.1, 0.15) is 23.8 Å². The van der Waals surface area contributed by atoms with E-state index in [9.17, 15) is 9.18 Å². The normalized spacial score (nSPS) is 20.3. The number of nitrogens with one attached hydrogen (secondary N) is 1. The van der Waals surface area contributed by atoms with E-state index in [-0.39, 0.29) is 18.0 Å². The Morgan fingerprint density at radius 2 is 1.97 bits per heavy atom. The number of hydrogen-bond acceptors (Lipinski definition) is 6. The van der Waals surface area contributed by atoms with Crippen molar-refractivity contribution in [2.75, 3.05) is 19.6 Å². The van der Waals surface area contributed by atoms with Crippen LogP contribution < -0.4 is 10.5 Å². The Kier molecular flexibility index (Phi) is 5.00. The zero-order chi connectivity index (χ0) is 20.5. The summed E-state index contributed by atoms with van der Waals surface area (Å²) < 4.78 is 24.1. The Labute approximate surface area is 172 Å². The molecule has 0 aliphatic carbocycles. The molecule has 7 nitrogen and oxygen atoms in total. The first-order valence-corrected chi connectivity index (χ1v) is 10.1. The van der Waals surface area contributed by atoms with Gasteiger partial charge in [-0.25, -0.2) is 9.18 Å². The average Bonchev–Trinajstić information content (AvgIpc) is 3.36. The third-order valence-electron chi connectivity index (χ3n) is 5.60. The molecule has 0 saturated carbocycles. The van der Waals surface area contributed by atoms with Crippen LogP contribution in [0.25, 0.3) is 11.1 Å². The number of nitrogens with zero attached hydrogens (tertiary/aromatic N) is 2. The number of likely N-dealkylation sites (tertiary alicyclic amines) is 1. The number of halogens is 1. The molecule has 0 bridgehead atoms. The minimum absolute atomic E-state index is 0.00324. The number of fused-ring (bicyclic) bond motifs is 1. The monoisotopic (exact) mass is 411 g/mol. The van der Waals surface area contributed by atoms with E-state index in [0.717, 1.165) is 43.8 Å². The number of oxime groups is 1. The van der Waals surface area contributed by atoms with Gasteiger partial charge in [-0.15, -0.1) is 0 Å². The fourth-order valence-corrected chi connectivity index (χ4v) is 4.02. The molecular formula is C22H22FN3O4. The van der Waals surface area contributed by atoms with Crippen LogP contribution in [0.2, 0.25) is 0 Å². The third-order valence-corrected chi connectivity index (χ3v) is 5.60. The molecule has 3 aromatic rings. The van der Waals surface area contributed by atoms with Crippen molar-refractivity contribution in [2.24, 2.45) is 5.16 Å². The van der Waals surface area contributed by atoms with Crippen LogP contribution in [0.3, 0.4) is 0 Å². The predicted molar refractivity (Wildman–Crippen MR) is 109 cm³/mol. The number of piperidine rings is 1. The van der Waals surface area contributed by atoms with E-state index >= 15 is 0 Å². The second-order valence-electron chi connectivity index (χ2n) is 7.77. The topological polar surface area (TPSA) is 80.1 Å². The number of oxazole rings is 1. The van der Waals surface area contributed by atoms with Crippen molar-refractivity contribution in [1.29, 1.82) is 0 Å². The van der Waals surface area contributed by atoms with Crippen LogP contribution in [0.1, 0.15) is 24.8 Å². The van der Waals surface area contributed by atoms with Crippen molar-refractivity contribution in [3.8, 4) is 5.75 Å². The summed E-state index contributed by atoms with van der Waals surface area (Å²) in [5.74, 6) is -0.00779.